The predicted molar refractivity (Wildman–Crippen MR) is 72.1 cm³/mol. The van der Waals surface area contributed by atoms with Gasteiger partial charge in [0.25, 0.3) is 5.91 Å². The third-order valence-corrected chi connectivity index (χ3v) is 2.56. The van der Waals surface area contributed by atoms with Gasteiger partial charge in [-0.05, 0) is 48.8 Å². The minimum absolute atomic E-state index is 0.0425. The minimum atomic E-state index is -0.597. The van der Waals surface area contributed by atoms with E-state index in [9.17, 15) is 9.59 Å². The van der Waals surface area contributed by atoms with Crippen LogP contribution in [-0.4, -0.2) is 28.9 Å². The molecule has 18 heavy (non-hydrogen) atoms. The van der Waals surface area contributed by atoms with Crippen LogP contribution in [0, 0.1) is 0 Å². The lowest BCUT2D eigenvalue weighted by molar-refractivity contribution is -0.123. The van der Waals surface area contributed by atoms with E-state index in [0.717, 1.165) is 0 Å². The van der Waals surface area contributed by atoms with E-state index in [1.54, 1.807) is 25.1 Å². The van der Waals surface area contributed by atoms with E-state index in [4.69, 9.17) is 0 Å². The smallest absolute Gasteiger partial charge is 0.270 e. The number of carbonyl (C=O) groups excluding carboxylic acids is 2. The zero-order chi connectivity index (χ0) is 13.7. The summed E-state index contributed by atoms with van der Waals surface area (Å²) < 4.78 is 0.578. The van der Waals surface area contributed by atoms with E-state index in [0.29, 0.717) is 4.60 Å². The van der Waals surface area contributed by atoms with E-state index in [-0.39, 0.29) is 23.6 Å². The summed E-state index contributed by atoms with van der Waals surface area (Å²) in [6, 6.07) is 4.48. The van der Waals surface area contributed by atoms with E-state index < -0.39 is 6.04 Å². The zero-order valence-electron chi connectivity index (χ0n) is 10.5. The molecule has 0 aromatic carbocycles. The molecular formula is C12H16BrN3O2. The van der Waals surface area contributed by atoms with E-state index >= 15 is 0 Å². The van der Waals surface area contributed by atoms with E-state index in [2.05, 4.69) is 31.5 Å². The molecule has 0 spiro atoms. The lowest BCUT2D eigenvalue weighted by Gasteiger charge is -2.15. The molecule has 0 saturated heterocycles. The van der Waals surface area contributed by atoms with Gasteiger partial charge < -0.3 is 10.6 Å². The highest BCUT2D eigenvalue weighted by Gasteiger charge is 2.17. The van der Waals surface area contributed by atoms with Crippen LogP contribution in [0.4, 0.5) is 0 Å². The fourth-order valence-corrected chi connectivity index (χ4v) is 1.62. The van der Waals surface area contributed by atoms with Gasteiger partial charge in [-0.15, -0.1) is 0 Å². The molecule has 2 amide bonds. The minimum Gasteiger partial charge on any atom is -0.352 e. The summed E-state index contributed by atoms with van der Waals surface area (Å²) in [7, 11) is 0. The molecule has 1 atom stereocenters. The number of aromatic nitrogens is 1. The van der Waals surface area contributed by atoms with Crippen LogP contribution in [0.2, 0.25) is 0 Å². The van der Waals surface area contributed by atoms with Crippen molar-refractivity contribution in [1.82, 2.24) is 15.6 Å². The quantitative estimate of drug-likeness (QED) is 0.827. The second-order valence-electron chi connectivity index (χ2n) is 4.20. The van der Waals surface area contributed by atoms with Crippen molar-refractivity contribution >= 4 is 27.7 Å². The molecule has 1 heterocycles. The van der Waals surface area contributed by atoms with Gasteiger partial charge in [0, 0.05) is 6.04 Å². The van der Waals surface area contributed by atoms with Crippen molar-refractivity contribution < 1.29 is 9.59 Å². The normalized spacial score (nSPS) is 12.1. The lowest BCUT2D eigenvalue weighted by Crippen LogP contribution is -2.46. The summed E-state index contributed by atoms with van der Waals surface area (Å²) >= 11 is 3.19. The number of rotatable bonds is 4. The number of halogens is 1. The van der Waals surface area contributed by atoms with Crippen LogP contribution in [0.25, 0.3) is 0 Å². The third kappa shape index (κ3) is 4.44. The Labute approximate surface area is 114 Å². The Morgan fingerprint density at radius 3 is 2.44 bits per heavy atom. The maximum absolute atomic E-state index is 11.8. The first-order valence-electron chi connectivity index (χ1n) is 5.64. The second kappa shape index (κ2) is 6.49. The molecule has 98 valence electrons. The summed E-state index contributed by atoms with van der Waals surface area (Å²) in [5.74, 6) is -0.587. The summed E-state index contributed by atoms with van der Waals surface area (Å²) in [6.07, 6.45) is 0. The summed E-state index contributed by atoms with van der Waals surface area (Å²) in [5.41, 5.74) is 0.272. The Morgan fingerprint density at radius 1 is 1.22 bits per heavy atom. The first-order valence-corrected chi connectivity index (χ1v) is 6.43. The molecule has 0 bridgehead atoms. The molecule has 0 aliphatic heterocycles. The van der Waals surface area contributed by atoms with Crippen molar-refractivity contribution in [2.75, 3.05) is 0 Å². The van der Waals surface area contributed by atoms with Crippen LogP contribution in [0.1, 0.15) is 31.3 Å². The molecule has 1 unspecified atom stereocenters. The van der Waals surface area contributed by atoms with Crippen LogP contribution in [0.5, 0.6) is 0 Å². The molecule has 1 aromatic rings. The lowest BCUT2D eigenvalue weighted by atomic mass is 10.2. The van der Waals surface area contributed by atoms with Crippen molar-refractivity contribution in [1.29, 1.82) is 0 Å². The number of hydrogen-bond donors (Lipinski definition) is 2. The number of nitrogens with zero attached hydrogens (tertiary/aromatic N) is 1. The van der Waals surface area contributed by atoms with E-state index in [1.165, 1.54) is 0 Å². The predicted octanol–water partition coefficient (Wildman–Crippen LogP) is 1.49. The molecular weight excluding hydrogens is 298 g/mol. The summed E-state index contributed by atoms with van der Waals surface area (Å²) in [4.78, 5) is 27.5. The second-order valence-corrected chi connectivity index (χ2v) is 5.02. The number of carbonyl (C=O) groups is 2. The maximum atomic E-state index is 11.8. The maximum Gasteiger partial charge on any atom is 0.270 e. The topological polar surface area (TPSA) is 71.1 Å². The van der Waals surface area contributed by atoms with Crippen molar-refractivity contribution in [3.8, 4) is 0 Å². The van der Waals surface area contributed by atoms with Crippen molar-refractivity contribution in [2.45, 2.75) is 32.9 Å². The molecule has 1 rings (SSSR count). The van der Waals surface area contributed by atoms with Crippen LogP contribution in [-0.2, 0) is 4.79 Å². The highest BCUT2D eigenvalue weighted by molar-refractivity contribution is 9.10. The van der Waals surface area contributed by atoms with Gasteiger partial charge in [0.1, 0.15) is 16.3 Å². The van der Waals surface area contributed by atoms with E-state index in [1.807, 2.05) is 13.8 Å². The molecule has 6 heteroatoms. The van der Waals surface area contributed by atoms with Gasteiger partial charge in [-0.2, -0.15) is 0 Å². The Morgan fingerprint density at radius 2 is 1.89 bits per heavy atom. The fraction of sp³-hybridized carbons (Fsp3) is 0.417. The van der Waals surface area contributed by atoms with Crippen LogP contribution < -0.4 is 10.6 Å². The van der Waals surface area contributed by atoms with Gasteiger partial charge in [-0.25, -0.2) is 4.98 Å². The van der Waals surface area contributed by atoms with Crippen LogP contribution >= 0.6 is 15.9 Å². The Balaban J connectivity index is 2.62. The zero-order valence-corrected chi connectivity index (χ0v) is 12.1. The monoisotopic (exact) mass is 313 g/mol. The van der Waals surface area contributed by atoms with Crippen molar-refractivity contribution in [3.05, 3.63) is 28.5 Å². The molecule has 0 fully saturated rings. The van der Waals surface area contributed by atoms with Gasteiger partial charge in [0.2, 0.25) is 5.91 Å². The van der Waals surface area contributed by atoms with Crippen molar-refractivity contribution in [3.63, 3.8) is 0 Å². The highest BCUT2D eigenvalue weighted by atomic mass is 79.9. The Bertz CT molecular complexity index is 449. The summed E-state index contributed by atoms with van der Waals surface area (Å²) in [5, 5.41) is 5.32. The highest BCUT2D eigenvalue weighted by Crippen LogP contribution is 2.06. The number of hydrogen-bond acceptors (Lipinski definition) is 3. The van der Waals surface area contributed by atoms with Gasteiger partial charge >= 0.3 is 0 Å². The number of pyridine rings is 1. The average Bonchev–Trinajstić information content (AvgIpc) is 2.27. The Kier molecular flexibility index (Phi) is 5.27. The van der Waals surface area contributed by atoms with Gasteiger partial charge in [0.15, 0.2) is 0 Å². The number of amides is 2. The third-order valence-electron chi connectivity index (χ3n) is 2.12. The van der Waals surface area contributed by atoms with Crippen LogP contribution in [0.3, 0.4) is 0 Å². The first kappa shape index (κ1) is 14.6. The average molecular weight is 314 g/mol. The van der Waals surface area contributed by atoms with Gasteiger partial charge in [-0.3, -0.25) is 9.59 Å². The molecule has 1 aromatic heterocycles. The molecule has 0 radical (unpaired) electrons. The molecule has 0 aliphatic rings. The van der Waals surface area contributed by atoms with Gasteiger partial charge in [0.05, 0.1) is 0 Å². The molecule has 0 aliphatic carbocycles. The standard InChI is InChI=1S/C12H16BrN3O2/c1-7(2)14-11(17)8(3)15-12(18)9-5-4-6-10(13)16-9/h4-8H,1-3H3,(H,14,17)(H,15,18). The number of nitrogens with one attached hydrogen (secondary N) is 2. The molecule has 2 N–H and O–H groups in total. The molecule has 5 nitrogen and oxygen atoms in total. The Hall–Kier alpha value is -1.43. The first-order chi connectivity index (χ1) is 8.40. The largest absolute Gasteiger partial charge is 0.352 e. The molecule has 0 saturated carbocycles. The SMILES string of the molecule is CC(C)NC(=O)C(C)NC(=O)c1cccc(Br)n1. The summed E-state index contributed by atoms with van der Waals surface area (Å²) in [6.45, 7) is 5.36. The van der Waals surface area contributed by atoms with Crippen molar-refractivity contribution in [2.24, 2.45) is 0 Å². The van der Waals surface area contributed by atoms with Gasteiger partial charge in [-0.1, -0.05) is 6.07 Å². The van der Waals surface area contributed by atoms with Crippen LogP contribution in [0.15, 0.2) is 22.8 Å². The fourth-order valence-electron chi connectivity index (χ4n) is 1.28.